The van der Waals surface area contributed by atoms with Crippen LogP contribution in [0.2, 0.25) is 0 Å². The Morgan fingerprint density at radius 3 is 1.29 bits per heavy atom. The van der Waals surface area contributed by atoms with Crippen LogP contribution in [0.5, 0.6) is 0 Å². The third kappa shape index (κ3) is 21.7. The molecule has 1 aromatic carbocycles. The van der Waals surface area contributed by atoms with Gasteiger partial charge in [-0.25, -0.2) is 24.0 Å². The van der Waals surface area contributed by atoms with E-state index in [1.807, 2.05) is 41.5 Å². The fourth-order valence-electron chi connectivity index (χ4n) is 9.57. The smallest absolute Gasteiger partial charge is 0.408 e. The lowest BCUT2D eigenvalue weighted by atomic mass is 9.83. The van der Waals surface area contributed by atoms with Gasteiger partial charge in [-0.15, -0.1) is 0 Å². The lowest BCUT2D eigenvalue weighted by Crippen LogP contribution is -2.71. The van der Waals surface area contributed by atoms with E-state index in [2.05, 4.69) is 26.6 Å². The summed E-state index contributed by atoms with van der Waals surface area (Å²) in [5, 5.41) is 73.0. The quantitative estimate of drug-likeness (QED) is 0.0699. The van der Waals surface area contributed by atoms with E-state index in [1.165, 1.54) is 0 Å². The molecule has 0 spiro atoms. The predicted octanol–water partition coefficient (Wildman–Crippen LogP) is 5.29. The number of nitrogens with one attached hydrogen (secondary N) is 5. The molecule has 0 aromatic heterocycles. The minimum Gasteiger partial charge on any atom is -0.444 e. The Bertz CT molecular complexity index is 2560. The number of aliphatic hydroxyl groups excluding tert-OH is 5. The highest BCUT2D eigenvalue weighted by atomic mass is 32.2. The molecule has 5 amide bonds. The van der Waals surface area contributed by atoms with Crippen LogP contribution in [-0.2, 0) is 56.9 Å². The largest absolute Gasteiger partial charge is 0.444 e. The molecule has 1 aliphatic carbocycles. The second kappa shape index (κ2) is 28.7. The third-order valence-corrected chi connectivity index (χ3v) is 14.7. The van der Waals surface area contributed by atoms with Gasteiger partial charge in [0.1, 0.15) is 93.9 Å². The molecular formula is C58H99N5O22S. The molecule has 28 heteroatoms. The summed E-state index contributed by atoms with van der Waals surface area (Å²) in [4.78, 5) is 67.4. The van der Waals surface area contributed by atoms with Crippen LogP contribution in [0, 0.1) is 0 Å². The lowest BCUT2D eigenvalue weighted by molar-refractivity contribution is -0.322. The molecule has 0 radical (unpaired) electrons. The first-order valence-corrected chi connectivity index (χ1v) is 30.5. The van der Waals surface area contributed by atoms with Crippen LogP contribution in [0.3, 0.4) is 0 Å². The first-order valence-electron chi connectivity index (χ1n) is 29.1. The van der Waals surface area contributed by atoms with Crippen molar-refractivity contribution < 1.29 is 105 Å². The van der Waals surface area contributed by atoms with Crippen LogP contribution in [0.25, 0.3) is 0 Å². The standard InChI is InChI=1S/C58H99N5O22S/c1-27(2)30-22-31(28(3)4)46(32(23-30)29(5)6)86(74,75)76-26-36-39(64)37(62-52(72)84-57(16,17)18)42(67)48(78-36)80-45-34(61-51(71)83-56(13,14)15)24-33(60-50(70)82-55(10,11)12)44(43(45)68)79-47-38(63-53(73)85-58(19,20)21)41(66)40(65)35(77-47)25-59-49(69)81-54(7,8)9/h22-23,27-29,33-45,47-48,64-68H,24-26H2,1-21H3,(H,59,69)(H,60,70)(H,61,71)(H,62,72)(H,63,73)/t33-,34+,35+,36+,37-,38+,39+,40+,41+,42+,43-,44+,45-,47+,48+/m0/s1. The van der Waals surface area contributed by atoms with Gasteiger partial charge < -0.3 is 94.7 Å². The van der Waals surface area contributed by atoms with Crippen LogP contribution in [0.4, 0.5) is 24.0 Å². The molecule has 10 N–H and O–H groups in total. The second-order valence-electron chi connectivity index (χ2n) is 27.9. The van der Waals surface area contributed by atoms with Gasteiger partial charge in [-0.3, -0.25) is 4.18 Å². The van der Waals surface area contributed by atoms with E-state index in [9.17, 15) is 57.9 Å². The van der Waals surface area contributed by atoms with Gasteiger partial charge in [-0.05, 0) is 145 Å². The summed E-state index contributed by atoms with van der Waals surface area (Å²) in [5.41, 5.74) is -3.54. The van der Waals surface area contributed by atoms with Gasteiger partial charge in [0.25, 0.3) is 10.1 Å². The summed E-state index contributed by atoms with van der Waals surface area (Å²) in [5.74, 6) is -0.577. The number of carbonyl (C=O) groups is 5. The Labute approximate surface area is 506 Å². The van der Waals surface area contributed by atoms with E-state index < -0.39 is 180 Å². The Kier molecular flexibility index (Phi) is 24.6. The molecule has 2 heterocycles. The fraction of sp³-hybridized carbons (Fsp3) is 0.810. The van der Waals surface area contributed by atoms with E-state index in [0.717, 1.165) is 5.56 Å². The van der Waals surface area contributed by atoms with Crippen molar-refractivity contribution in [2.24, 2.45) is 0 Å². The van der Waals surface area contributed by atoms with Crippen molar-refractivity contribution in [2.45, 2.75) is 294 Å². The zero-order chi connectivity index (χ0) is 65.7. The molecule has 3 aliphatic rings. The molecule has 1 saturated carbocycles. The number of ether oxygens (including phenoxy) is 9. The molecule has 86 heavy (non-hydrogen) atoms. The van der Waals surface area contributed by atoms with Gasteiger partial charge in [-0.2, -0.15) is 8.42 Å². The number of carbonyl (C=O) groups excluding carboxylic acids is 5. The van der Waals surface area contributed by atoms with Gasteiger partial charge in [-0.1, -0.05) is 53.7 Å². The monoisotopic (exact) mass is 1250 g/mol. The van der Waals surface area contributed by atoms with Gasteiger partial charge in [0, 0.05) is 6.54 Å². The van der Waals surface area contributed by atoms with Crippen molar-refractivity contribution in [1.29, 1.82) is 0 Å². The van der Waals surface area contributed by atoms with E-state index in [0.29, 0.717) is 11.1 Å². The maximum Gasteiger partial charge on any atom is 0.408 e. The van der Waals surface area contributed by atoms with E-state index >= 15 is 0 Å². The fourth-order valence-corrected chi connectivity index (χ4v) is 11.2. The van der Waals surface area contributed by atoms with Crippen LogP contribution >= 0.6 is 0 Å². The molecule has 4 rings (SSSR count). The van der Waals surface area contributed by atoms with E-state index in [-0.39, 0.29) is 22.6 Å². The van der Waals surface area contributed by atoms with Crippen LogP contribution in [-0.4, -0.2) is 197 Å². The highest BCUT2D eigenvalue weighted by molar-refractivity contribution is 7.86. The predicted molar refractivity (Wildman–Crippen MR) is 310 cm³/mol. The molecule has 15 atom stereocenters. The Morgan fingerprint density at radius 1 is 0.500 bits per heavy atom. The summed E-state index contributed by atoms with van der Waals surface area (Å²) in [6.45, 7) is 33.5. The Balaban J connectivity index is 1.91. The van der Waals surface area contributed by atoms with Gasteiger partial charge in [0.15, 0.2) is 12.6 Å². The summed E-state index contributed by atoms with van der Waals surface area (Å²) in [6, 6.07) is -2.92. The van der Waals surface area contributed by atoms with Gasteiger partial charge in [0.05, 0.1) is 24.7 Å². The second-order valence-corrected chi connectivity index (χ2v) is 29.5. The van der Waals surface area contributed by atoms with Crippen molar-refractivity contribution in [3.05, 3.63) is 28.8 Å². The average molecular weight is 1250 g/mol. The van der Waals surface area contributed by atoms with Crippen molar-refractivity contribution in [2.75, 3.05) is 13.2 Å². The van der Waals surface area contributed by atoms with Crippen molar-refractivity contribution in [3.8, 4) is 0 Å². The molecular weight excluding hydrogens is 1150 g/mol. The molecule has 0 unspecified atom stereocenters. The maximum atomic E-state index is 14.6. The molecule has 27 nitrogen and oxygen atoms in total. The number of hydrogen-bond acceptors (Lipinski definition) is 22. The van der Waals surface area contributed by atoms with Gasteiger partial charge >= 0.3 is 30.5 Å². The maximum absolute atomic E-state index is 14.6. The summed E-state index contributed by atoms with van der Waals surface area (Å²) >= 11 is 0. The number of alkyl carbamates (subject to hydrolysis) is 5. The number of benzene rings is 1. The summed E-state index contributed by atoms with van der Waals surface area (Å²) in [7, 11) is -4.72. The van der Waals surface area contributed by atoms with Crippen molar-refractivity contribution in [1.82, 2.24) is 26.6 Å². The minimum absolute atomic E-state index is 0.0366. The van der Waals surface area contributed by atoms with Crippen LogP contribution in [0.15, 0.2) is 17.0 Å². The molecule has 2 saturated heterocycles. The topological polar surface area (TPSA) is 373 Å². The SMILES string of the molecule is CC(C)c1cc(C(C)C)c(S(=O)(=O)OC[C@H]2O[C@H](O[C@@H]3[C@@H](O)[C@H](O[C@H]4O[C@H](CNC(=O)OC(C)(C)C)[C@@H](O)[C@H](O)[C@H]4NC(=O)OC(C)(C)C)[C@@H](NC(=O)OC(C)(C)C)C[C@H]3NC(=O)OC(C)(C)C)[C@H](O)[C@@H](NC(=O)OC(C)(C)C)[C@@H]2O)c(C(C)C)c1. The minimum atomic E-state index is -4.72. The Morgan fingerprint density at radius 2 is 0.884 bits per heavy atom. The molecule has 3 fully saturated rings. The van der Waals surface area contributed by atoms with Gasteiger partial charge in [0.2, 0.25) is 0 Å². The van der Waals surface area contributed by atoms with Crippen molar-refractivity contribution in [3.63, 3.8) is 0 Å². The average Bonchev–Trinajstić information content (AvgIpc) is 0.877. The first kappa shape index (κ1) is 73.6. The molecule has 2 aliphatic heterocycles. The van der Waals surface area contributed by atoms with Crippen LogP contribution in [0.1, 0.15) is 186 Å². The lowest BCUT2D eigenvalue weighted by Gasteiger charge is -2.50. The van der Waals surface area contributed by atoms with E-state index in [1.54, 1.807) is 116 Å². The highest BCUT2D eigenvalue weighted by Crippen LogP contribution is 2.38. The molecule has 494 valence electrons. The number of rotatable bonds is 17. The zero-order valence-electron chi connectivity index (χ0n) is 53.8. The molecule has 0 bridgehead atoms. The Hall–Kier alpha value is -4.88. The number of amides is 5. The van der Waals surface area contributed by atoms with Crippen LogP contribution < -0.4 is 26.6 Å². The highest BCUT2D eigenvalue weighted by Gasteiger charge is 2.56. The number of aliphatic hydroxyl groups is 5. The zero-order valence-corrected chi connectivity index (χ0v) is 54.6. The van der Waals surface area contributed by atoms with E-state index in [4.69, 9.17) is 46.8 Å². The molecule has 1 aromatic rings. The summed E-state index contributed by atoms with van der Waals surface area (Å²) in [6.07, 6.45) is -26.9. The number of hydrogen-bond donors (Lipinski definition) is 10. The first-order chi connectivity index (χ1) is 39.1. The van der Waals surface area contributed by atoms with Crippen molar-refractivity contribution >= 4 is 40.6 Å². The summed E-state index contributed by atoms with van der Waals surface area (Å²) < 4.78 is 88.0. The third-order valence-electron chi connectivity index (χ3n) is 13.3. The normalized spacial score (nSPS) is 28.7.